The summed E-state index contributed by atoms with van der Waals surface area (Å²) in [6, 6.07) is 13.8. The molecule has 0 atom stereocenters. The van der Waals surface area contributed by atoms with Crippen LogP contribution in [0.25, 0.3) is 0 Å². The molecule has 0 radical (unpaired) electrons. The fourth-order valence-corrected chi connectivity index (χ4v) is 1.82. The maximum Gasteiger partial charge on any atom is 0.228 e. The Labute approximate surface area is 123 Å². The van der Waals surface area contributed by atoms with Crippen molar-refractivity contribution in [2.75, 3.05) is 11.9 Å². The summed E-state index contributed by atoms with van der Waals surface area (Å²) in [4.78, 5) is 11.9. The van der Waals surface area contributed by atoms with Crippen molar-refractivity contribution < 1.29 is 15.0 Å². The van der Waals surface area contributed by atoms with Crippen LogP contribution in [0.15, 0.2) is 48.5 Å². The summed E-state index contributed by atoms with van der Waals surface area (Å²) in [5.41, 5.74) is 2.01. The number of nitrogens with one attached hydrogen (secondary N) is 1. The highest BCUT2D eigenvalue weighted by Crippen LogP contribution is 2.17. The van der Waals surface area contributed by atoms with Crippen molar-refractivity contribution in [3.63, 3.8) is 0 Å². The molecule has 4 heteroatoms. The van der Waals surface area contributed by atoms with E-state index in [1.807, 2.05) is 0 Å². The van der Waals surface area contributed by atoms with E-state index >= 15 is 0 Å². The average molecular weight is 281 g/mol. The number of benzene rings is 2. The van der Waals surface area contributed by atoms with Crippen molar-refractivity contribution >= 4 is 11.6 Å². The van der Waals surface area contributed by atoms with Gasteiger partial charge in [-0.25, -0.2) is 0 Å². The Morgan fingerprint density at radius 3 is 2.48 bits per heavy atom. The van der Waals surface area contributed by atoms with Gasteiger partial charge < -0.3 is 15.5 Å². The van der Waals surface area contributed by atoms with E-state index in [1.54, 1.807) is 48.5 Å². The number of aromatic hydroxyl groups is 1. The first-order chi connectivity index (χ1) is 10.2. The average Bonchev–Trinajstić information content (AvgIpc) is 2.49. The van der Waals surface area contributed by atoms with Gasteiger partial charge >= 0.3 is 0 Å². The number of phenols is 1. The van der Waals surface area contributed by atoms with Crippen molar-refractivity contribution in [1.82, 2.24) is 0 Å². The number of carbonyl (C=O) groups excluding carboxylic acids is 1. The number of hydrogen-bond acceptors (Lipinski definition) is 3. The molecular weight excluding hydrogens is 266 g/mol. The lowest BCUT2D eigenvalue weighted by atomic mass is 10.1. The van der Waals surface area contributed by atoms with Crippen molar-refractivity contribution in [2.24, 2.45) is 0 Å². The lowest BCUT2D eigenvalue weighted by molar-refractivity contribution is -0.115. The Kier molecular flexibility index (Phi) is 4.97. The van der Waals surface area contributed by atoms with Gasteiger partial charge in [0.1, 0.15) is 12.4 Å². The van der Waals surface area contributed by atoms with E-state index < -0.39 is 0 Å². The van der Waals surface area contributed by atoms with E-state index in [4.69, 9.17) is 5.11 Å². The molecule has 2 rings (SSSR count). The first-order valence-electron chi connectivity index (χ1n) is 6.45. The smallest absolute Gasteiger partial charge is 0.228 e. The molecule has 1 amide bonds. The van der Waals surface area contributed by atoms with Gasteiger partial charge in [-0.2, -0.15) is 0 Å². The predicted octanol–water partition coefficient (Wildman–Crippen LogP) is 1.92. The molecule has 0 heterocycles. The minimum Gasteiger partial charge on any atom is -0.508 e. The van der Waals surface area contributed by atoms with E-state index in [1.165, 1.54) is 0 Å². The van der Waals surface area contributed by atoms with E-state index in [0.29, 0.717) is 11.3 Å². The van der Waals surface area contributed by atoms with Crippen LogP contribution >= 0.6 is 0 Å². The first kappa shape index (κ1) is 14.6. The minimum atomic E-state index is -0.203. The number of anilines is 1. The number of carbonyl (C=O) groups is 1. The van der Waals surface area contributed by atoms with Gasteiger partial charge in [0.05, 0.1) is 6.42 Å². The Hall–Kier alpha value is -2.77. The molecule has 0 fully saturated rings. The molecule has 2 aromatic carbocycles. The van der Waals surface area contributed by atoms with E-state index in [9.17, 15) is 9.90 Å². The fourth-order valence-electron chi connectivity index (χ4n) is 1.82. The number of aliphatic hydroxyl groups excluding tert-OH is 1. The largest absolute Gasteiger partial charge is 0.508 e. The zero-order valence-electron chi connectivity index (χ0n) is 11.3. The molecule has 0 saturated carbocycles. The van der Waals surface area contributed by atoms with Crippen LogP contribution in [-0.4, -0.2) is 22.7 Å². The number of para-hydroxylation sites is 1. The fraction of sp³-hybridized carbons (Fsp3) is 0.118. The third kappa shape index (κ3) is 4.37. The molecule has 0 aliphatic heterocycles. The molecule has 106 valence electrons. The van der Waals surface area contributed by atoms with Crippen LogP contribution in [0.1, 0.15) is 11.1 Å². The van der Waals surface area contributed by atoms with E-state index in [2.05, 4.69) is 17.2 Å². The van der Waals surface area contributed by atoms with Crippen LogP contribution in [0, 0.1) is 11.8 Å². The number of aliphatic hydroxyl groups is 1. The van der Waals surface area contributed by atoms with Crippen molar-refractivity contribution in [1.29, 1.82) is 0 Å². The summed E-state index contributed by atoms with van der Waals surface area (Å²) < 4.78 is 0. The van der Waals surface area contributed by atoms with Gasteiger partial charge in [-0.3, -0.25) is 4.79 Å². The topological polar surface area (TPSA) is 69.6 Å². The van der Waals surface area contributed by atoms with Crippen LogP contribution in [0.3, 0.4) is 0 Å². The monoisotopic (exact) mass is 281 g/mol. The molecule has 0 aliphatic rings. The number of amides is 1. The van der Waals surface area contributed by atoms with Crippen LogP contribution in [0.5, 0.6) is 5.75 Å². The van der Waals surface area contributed by atoms with Crippen molar-refractivity contribution in [3.8, 4) is 17.6 Å². The Bertz CT molecular complexity index is 681. The van der Waals surface area contributed by atoms with Crippen LogP contribution in [-0.2, 0) is 11.2 Å². The zero-order valence-corrected chi connectivity index (χ0v) is 11.3. The van der Waals surface area contributed by atoms with Gasteiger partial charge in [-0.1, -0.05) is 30.0 Å². The van der Waals surface area contributed by atoms with Gasteiger partial charge in [0.25, 0.3) is 0 Å². The molecule has 4 nitrogen and oxygen atoms in total. The second-order valence-electron chi connectivity index (χ2n) is 4.39. The molecule has 21 heavy (non-hydrogen) atoms. The molecule has 0 aromatic heterocycles. The standard InChI is InChI=1S/C17H15NO3/c19-11-3-4-13-7-9-15(10-8-13)18-17(21)12-14-5-1-2-6-16(14)20/h1-2,5-10,19-20H,11-12H2,(H,18,21). The predicted molar refractivity (Wildman–Crippen MR) is 80.8 cm³/mol. The second kappa shape index (κ2) is 7.13. The second-order valence-corrected chi connectivity index (χ2v) is 4.39. The number of hydrogen-bond donors (Lipinski definition) is 3. The lowest BCUT2D eigenvalue weighted by Crippen LogP contribution is -2.14. The normalized spacial score (nSPS) is 9.57. The summed E-state index contributed by atoms with van der Waals surface area (Å²) >= 11 is 0. The molecular formula is C17H15NO3. The summed E-state index contributed by atoms with van der Waals surface area (Å²) in [6.45, 7) is -0.181. The third-order valence-electron chi connectivity index (χ3n) is 2.82. The number of rotatable bonds is 3. The van der Waals surface area contributed by atoms with Gasteiger partial charge in [0.15, 0.2) is 0 Å². The minimum absolute atomic E-state index is 0.110. The summed E-state index contributed by atoms with van der Waals surface area (Å²) in [6.07, 6.45) is 0.110. The molecule has 2 aromatic rings. The van der Waals surface area contributed by atoms with E-state index in [0.717, 1.165) is 5.56 Å². The zero-order chi connectivity index (χ0) is 15.1. The Balaban J connectivity index is 1.98. The lowest BCUT2D eigenvalue weighted by Gasteiger charge is -2.06. The Morgan fingerprint density at radius 2 is 1.81 bits per heavy atom. The van der Waals surface area contributed by atoms with Gasteiger partial charge in [-0.05, 0) is 30.3 Å². The van der Waals surface area contributed by atoms with Gasteiger partial charge in [0.2, 0.25) is 5.91 Å². The number of phenolic OH excluding ortho intramolecular Hbond substituents is 1. The highest BCUT2D eigenvalue weighted by atomic mass is 16.3. The molecule has 0 bridgehead atoms. The molecule has 0 saturated heterocycles. The molecule has 3 N–H and O–H groups in total. The quantitative estimate of drug-likeness (QED) is 0.753. The summed E-state index contributed by atoms with van der Waals surface area (Å²) in [5, 5.41) is 21.0. The third-order valence-corrected chi connectivity index (χ3v) is 2.82. The van der Waals surface area contributed by atoms with Gasteiger partial charge in [0, 0.05) is 16.8 Å². The van der Waals surface area contributed by atoms with Crippen molar-refractivity contribution in [3.05, 3.63) is 59.7 Å². The van der Waals surface area contributed by atoms with Crippen molar-refractivity contribution in [2.45, 2.75) is 6.42 Å². The molecule has 0 spiro atoms. The van der Waals surface area contributed by atoms with Crippen LogP contribution in [0.2, 0.25) is 0 Å². The molecule has 0 unspecified atom stereocenters. The van der Waals surface area contributed by atoms with Crippen LogP contribution in [0.4, 0.5) is 5.69 Å². The van der Waals surface area contributed by atoms with Crippen LogP contribution < -0.4 is 5.32 Å². The highest BCUT2D eigenvalue weighted by molar-refractivity contribution is 5.92. The SMILES string of the molecule is O=C(Cc1ccccc1O)Nc1ccc(C#CCO)cc1. The molecule has 0 aliphatic carbocycles. The maximum absolute atomic E-state index is 11.9. The van der Waals surface area contributed by atoms with E-state index in [-0.39, 0.29) is 24.7 Å². The first-order valence-corrected chi connectivity index (χ1v) is 6.45. The highest BCUT2D eigenvalue weighted by Gasteiger charge is 2.07. The maximum atomic E-state index is 11.9. The Morgan fingerprint density at radius 1 is 1.10 bits per heavy atom. The summed E-state index contributed by atoms with van der Waals surface area (Å²) in [7, 11) is 0. The van der Waals surface area contributed by atoms with Gasteiger partial charge in [-0.15, -0.1) is 0 Å². The summed E-state index contributed by atoms with van der Waals surface area (Å²) in [5.74, 6) is 5.24.